The lowest BCUT2D eigenvalue weighted by molar-refractivity contribution is 0.602. The number of rotatable bonds is 4. The Bertz CT molecular complexity index is 677. The smallest absolute Gasteiger partial charge is 0.182 e. The minimum absolute atomic E-state index is 0.0400. The van der Waals surface area contributed by atoms with E-state index in [1.807, 2.05) is 37.3 Å². The number of hydrogen-bond acceptors (Lipinski definition) is 5. The fourth-order valence-electron chi connectivity index (χ4n) is 1.83. The fourth-order valence-corrected chi connectivity index (χ4v) is 2.76. The molecule has 0 radical (unpaired) electrons. The monoisotopic (exact) mass is 280 g/mol. The highest BCUT2D eigenvalue weighted by Gasteiger charge is 2.24. The van der Waals surface area contributed by atoms with E-state index in [-0.39, 0.29) is 16.5 Å². The molecule has 0 fully saturated rings. The second-order valence-electron chi connectivity index (χ2n) is 4.11. The average Bonchev–Trinajstić information content (AvgIpc) is 2.67. The van der Waals surface area contributed by atoms with Gasteiger partial charge in [0, 0.05) is 12.8 Å². The Kier molecular flexibility index (Phi) is 3.48. The predicted octanol–water partition coefficient (Wildman–Crippen LogP) is 1.29. The van der Waals surface area contributed by atoms with Crippen molar-refractivity contribution in [2.24, 2.45) is 0 Å². The molecule has 0 aliphatic carbocycles. The van der Waals surface area contributed by atoms with Crippen LogP contribution in [0, 0.1) is 0 Å². The van der Waals surface area contributed by atoms with Crippen LogP contribution in [0.25, 0.3) is 5.69 Å². The molecule has 2 aromatic rings. The van der Waals surface area contributed by atoms with Crippen LogP contribution in [0.5, 0.6) is 0 Å². The number of nitrogens with one attached hydrogen (secondary N) is 1. The number of benzene rings is 1. The molecule has 0 spiro atoms. The van der Waals surface area contributed by atoms with Crippen LogP contribution in [0.3, 0.4) is 0 Å². The molecule has 1 aromatic heterocycles. The van der Waals surface area contributed by atoms with Gasteiger partial charge in [-0.25, -0.2) is 13.1 Å². The molecule has 102 valence electrons. The van der Waals surface area contributed by atoms with Crippen molar-refractivity contribution in [2.75, 3.05) is 23.9 Å². The van der Waals surface area contributed by atoms with E-state index in [0.29, 0.717) is 12.2 Å². The topological polar surface area (TPSA) is 90.0 Å². The molecule has 0 aliphatic heterocycles. The molecule has 0 unspecified atom stereocenters. The molecule has 19 heavy (non-hydrogen) atoms. The molecule has 7 heteroatoms. The van der Waals surface area contributed by atoms with E-state index in [1.165, 1.54) is 4.68 Å². The maximum Gasteiger partial charge on any atom is 0.182 e. The fraction of sp³-hybridized carbons (Fsp3) is 0.250. The lowest BCUT2D eigenvalue weighted by atomic mass is 10.3. The highest BCUT2D eigenvalue weighted by atomic mass is 32.2. The van der Waals surface area contributed by atoms with Gasteiger partial charge in [-0.15, -0.1) is 5.10 Å². The third-order valence-corrected chi connectivity index (χ3v) is 3.74. The summed E-state index contributed by atoms with van der Waals surface area (Å²) in [6.45, 7) is 2.43. The molecule has 0 amide bonds. The SMILES string of the molecule is CCNc1nn(-c2ccccc2)c(N)c1S(C)(=O)=O. The summed E-state index contributed by atoms with van der Waals surface area (Å²) in [4.78, 5) is 0.0400. The molecule has 1 heterocycles. The zero-order valence-electron chi connectivity index (χ0n) is 10.8. The normalized spacial score (nSPS) is 11.5. The lowest BCUT2D eigenvalue weighted by Crippen LogP contribution is -2.06. The van der Waals surface area contributed by atoms with Crippen molar-refractivity contribution >= 4 is 21.5 Å². The van der Waals surface area contributed by atoms with E-state index < -0.39 is 9.84 Å². The predicted molar refractivity (Wildman–Crippen MR) is 75.2 cm³/mol. The first kappa shape index (κ1) is 13.4. The Balaban J connectivity index is 2.66. The highest BCUT2D eigenvalue weighted by molar-refractivity contribution is 7.91. The molecule has 0 aliphatic rings. The van der Waals surface area contributed by atoms with Gasteiger partial charge >= 0.3 is 0 Å². The Labute approximate surface area is 112 Å². The number of nitrogen functional groups attached to an aromatic ring is 1. The van der Waals surface area contributed by atoms with Crippen molar-refractivity contribution < 1.29 is 8.42 Å². The van der Waals surface area contributed by atoms with Crippen molar-refractivity contribution in [1.82, 2.24) is 9.78 Å². The molecule has 3 N–H and O–H groups in total. The number of para-hydroxylation sites is 1. The second kappa shape index (κ2) is 4.93. The third kappa shape index (κ3) is 2.55. The summed E-state index contributed by atoms with van der Waals surface area (Å²) in [5.74, 6) is 0.399. The van der Waals surface area contributed by atoms with Gasteiger partial charge in [0.2, 0.25) is 0 Å². The van der Waals surface area contributed by atoms with Crippen molar-refractivity contribution in [3.05, 3.63) is 30.3 Å². The summed E-state index contributed by atoms with van der Waals surface area (Å²) >= 11 is 0. The van der Waals surface area contributed by atoms with Crippen LogP contribution >= 0.6 is 0 Å². The molecule has 0 bridgehead atoms. The summed E-state index contributed by atoms with van der Waals surface area (Å²) < 4.78 is 25.1. The van der Waals surface area contributed by atoms with Gasteiger partial charge < -0.3 is 11.1 Å². The number of hydrogen-bond donors (Lipinski definition) is 2. The zero-order chi connectivity index (χ0) is 14.0. The summed E-state index contributed by atoms with van der Waals surface area (Å²) in [6, 6.07) is 9.16. The Morgan fingerprint density at radius 3 is 2.47 bits per heavy atom. The molecule has 0 atom stereocenters. The average molecular weight is 280 g/mol. The maximum atomic E-state index is 11.8. The van der Waals surface area contributed by atoms with Crippen molar-refractivity contribution in [1.29, 1.82) is 0 Å². The van der Waals surface area contributed by atoms with Gasteiger partial charge in [-0.05, 0) is 19.1 Å². The molecule has 0 saturated carbocycles. The molecule has 6 nitrogen and oxygen atoms in total. The first-order chi connectivity index (χ1) is 8.95. The largest absolute Gasteiger partial charge is 0.382 e. The first-order valence-electron chi connectivity index (χ1n) is 5.83. The first-order valence-corrected chi connectivity index (χ1v) is 7.72. The van der Waals surface area contributed by atoms with Crippen LogP contribution in [0.4, 0.5) is 11.6 Å². The van der Waals surface area contributed by atoms with Crippen LogP contribution in [0.1, 0.15) is 6.92 Å². The van der Waals surface area contributed by atoms with Crippen molar-refractivity contribution in [3.63, 3.8) is 0 Å². The highest BCUT2D eigenvalue weighted by Crippen LogP contribution is 2.29. The van der Waals surface area contributed by atoms with Crippen LogP contribution in [-0.2, 0) is 9.84 Å². The van der Waals surface area contributed by atoms with Crippen molar-refractivity contribution in [2.45, 2.75) is 11.8 Å². The summed E-state index contributed by atoms with van der Waals surface area (Å²) in [5.41, 5.74) is 6.65. The Hall–Kier alpha value is -2.02. The number of nitrogens with two attached hydrogens (primary N) is 1. The Morgan fingerprint density at radius 1 is 1.32 bits per heavy atom. The summed E-state index contributed by atoms with van der Waals surface area (Å²) in [5, 5.41) is 7.16. The summed E-state index contributed by atoms with van der Waals surface area (Å²) in [7, 11) is -3.44. The summed E-state index contributed by atoms with van der Waals surface area (Å²) in [6.07, 6.45) is 1.12. The van der Waals surface area contributed by atoms with Gasteiger partial charge in [0.1, 0.15) is 5.82 Å². The third-order valence-electron chi connectivity index (χ3n) is 2.59. The lowest BCUT2D eigenvalue weighted by Gasteiger charge is -2.03. The molecular formula is C12H16N4O2S. The standard InChI is InChI=1S/C12H16N4O2S/c1-3-14-12-10(19(2,17)18)11(13)16(15-12)9-7-5-4-6-8-9/h4-8H,3,13H2,1-2H3,(H,14,15). The maximum absolute atomic E-state index is 11.8. The van der Waals surface area contributed by atoms with Gasteiger partial charge in [-0.3, -0.25) is 0 Å². The van der Waals surface area contributed by atoms with Gasteiger partial charge in [0.05, 0.1) is 5.69 Å². The van der Waals surface area contributed by atoms with Crippen LogP contribution in [0.15, 0.2) is 35.2 Å². The Morgan fingerprint density at radius 2 is 1.95 bits per heavy atom. The van der Waals surface area contributed by atoms with E-state index in [2.05, 4.69) is 10.4 Å². The van der Waals surface area contributed by atoms with E-state index in [0.717, 1.165) is 6.26 Å². The molecule has 2 rings (SSSR count). The molecule has 1 aromatic carbocycles. The zero-order valence-corrected chi connectivity index (χ0v) is 11.6. The number of sulfone groups is 1. The molecule has 0 saturated heterocycles. The van der Waals surface area contributed by atoms with E-state index in [1.54, 1.807) is 0 Å². The van der Waals surface area contributed by atoms with Gasteiger partial charge in [-0.1, -0.05) is 18.2 Å². The van der Waals surface area contributed by atoms with Crippen LogP contribution < -0.4 is 11.1 Å². The van der Waals surface area contributed by atoms with E-state index in [9.17, 15) is 8.42 Å². The van der Waals surface area contributed by atoms with Crippen LogP contribution in [-0.4, -0.2) is 31.0 Å². The second-order valence-corrected chi connectivity index (χ2v) is 6.07. The number of nitrogens with zero attached hydrogens (tertiary/aromatic N) is 2. The minimum Gasteiger partial charge on any atom is -0.382 e. The van der Waals surface area contributed by atoms with Gasteiger partial charge in [0.25, 0.3) is 0 Å². The number of aromatic nitrogens is 2. The quantitative estimate of drug-likeness (QED) is 0.880. The molecular weight excluding hydrogens is 264 g/mol. The van der Waals surface area contributed by atoms with Crippen LogP contribution in [0.2, 0.25) is 0 Å². The number of anilines is 2. The van der Waals surface area contributed by atoms with E-state index >= 15 is 0 Å². The van der Waals surface area contributed by atoms with Gasteiger partial charge in [0.15, 0.2) is 20.6 Å². The van der Waals surface area contributed by atoms with Gasteiger partial charge in [-0.2, -0.15) is 0 Å². The minimum atomic E-state index is -3.44. The van der Waals surface area contributed by atoms with Crippen molar-refractivity contribution in [3.8, 4) is 5.69 Å². The van der Waals surface area contributed by atoms with E-state index in [4.69, 9.17) is 5.73 Å².